The van der Waals surface area contributed by atoms with Crippen LogP contribution in [0.25, 0.3) is 0 Å². The molecule has 1 aromatic heterocycles. The highest BCUT2D eigenvalue weighted by atomic mass is 32.2. The lowest BCUT2D eigenvalue weighted by Gasteiger charge is -2.29. The zero-order valence-electron chi connectivity index (χ0n) is 16.6. The topological polar surface area (TPSA) is 134 Å². The molecule has 1 aliphatic carbocycles. The van der Waals surface area contributed by atoms with Gasteiger partial charge in [0.2, 0.25) is 5.96 Å². The summed E-state index contributed by atoms with van der Waals surface area (Å²) in [5.74, 6) is 1.28. The Bertz CT molecular complexity index is 928. The molecule has 0 aromatic carbocycles. The molecule has 10 heteroatoms. The van der Waals surface area contributed by atoms with Gasteiger partial charge in [0.1, 0.15) is 0 Å². The van der Waals surface area contributed by atoms with Gasteiger partial charge in [0.05, 0.1) is 23.3 Å². The number of amides is 2. The van der Waals surface area contributed by atoms with E-state index in [0.29, 0.717) is 22.5 Å². The summed E-state index contributed by atoms with van der Waals surface area (Å²) in [7, 11) is 0. The Morgan fingerprint density at radius 1 is 1.37 bits per heavy atom. The number of aliphatic imine (C=N–C) groups is 3. The van der Waals surface area contributed by atoms with E-state index in [1.165, 1.54) is 0 Å². The van der Waals surface area contributed by atoms with E-state index in [1.54, 1.807) is 18.4 Å². The number of amidine groups is 1. The van der Waals surface area contributed by atoms with Crippen molar-refractivity contribution in [2.24, 2.45) is 26.6 Å². The molecule has 0 radical (unpaired) electrons. The van der Waals surface area contributed by atoms with Crippen LogP contribution in [0, 0.1) is 5.92 Å². The minimum Gasteiger partial charge on any atom is -0.461 e. The van der Waals surface area contributed by atoms with Gasteiger partial charge in [-0.15, -0.1) is 0 Å². The first-order valence-corrected chi connectivity index (χ1v) is 10.8. The third kappa shape index (κ3) is 4.81. The molecule has 2 amide bonds. The maximum absolute atomic E-state index is 11.8. The Kier molecular flexibility index (Phi) is 6.03. The number of carbonyl (C=O) groups excluding carboxylic acids is 2. The van der Waals surface area contributed by atoms with Crippen LogP contribution in [0.5, 0.6) is 0 Å². The van der Waals surface area contributed by atoms with Crippen molar-refractivity contribution in [3.8, 4) is 0 Å². The maximum atomic E-state index is 11.8. The van der Waals surface area contributed by atoms with Crippen molar-refractivity contribution < 1.29 is 14.0 Å². The number of nitrogens with zero attached hydrogens (tertiary/aromatic N) is 3. The Labute approximate surface area is 178 Å². The molecule has 2 unspecified atom stereocenters. The van der Waals surface area contributed by atoms with Gasteiger partial charge in [-0.05, 0) is 55.7 Å². The van der Waals surface area contributed by atoms with E-state index < -0.39 is 0 Å². The largest absolute Gasteiger partial charge is 0.461 e. The van der Waals surface area contributed by atoms with Gasteiger partial charge in [-0.3, -0.25) is 19.9 Å². The smallest absolute Gasteiger partial charge is 0.290 e. The number of nitrogens with one attached hydrogen (secondary N) is 2. The van der Waals surface area contributed by atoms with Crippen LogP contribution in [-0.4, -0.2) is 47.3 Å². The summed E-state index contributed by atoms with van der Waals surface area (Å²) in [5, 5.41) is 5.32. The van der Waals surface area contributed by atoms with Crippen molar-refractivity contribution in [1.29, 1.82) is 0 Å². The van der Waals surface area contributed by atoms with E-state index in [2.05, 4.69) is 25.6 Å². The summed E-state index contributed by atoms with van der Waals surface area (Å²) in [6.07, 6.45) is 8.85. The van der Waals surface area contributed by atoms with E-state index in [9.17, 15) is 9.59 Å². The molecule has 0 bridgehead atoms. The minimum absolute atomic E-state index is 0.0433. The van der Waals surface area contributed by atoms with E-state index in [1.807, 2.05) is 19.2 Å². The highest BCUT2D eigenvalue weighted by Crippen LogP contribution is 2.26. The predicted octanol–water partition coefficient (Wildman–Crippen LogP) is 2.20. The second kappa shape index (κ2) is 8.86. The highest BCUT2D eigenvalue weighted by molar-refractivity contribution is 8.18. The highest BCUT2D eigenvalue weighted by Gasteiger charge is 2.29. The summed E-state index contributed by atoms with van der Waals surface area (Å²) in [6, 6.07) is 3.80. The van der Waals surface area contributed by atoms with Crippen molar-refractivity contribution in [2.45, 2.75) is 50.7 Å². The molecule has 30 heavy (non-hydrogen) atoms. The van der Waals surface area contributed by atoms with E-state index in [-0.39, 0.29) is 35.2 Å². The Balaban J connectivity index is 1.34. The lowest BCUT2D eigenvalue weighted by atomic mass is 9.91. The predicted molar refractivity (Wildman–Crippen MR) is 117 cm³/mol. The fourth-order valence-electron chi connectivity index (χ4n) is 3.64. The Morgan fingerprint density at radius 2 is 2.17 bits per heavy atom. The van der Waals surface area contributed by atoms with Crippen molar-refractivity contribution in [3.05, 3.63) is 35.1 Å². The molecule has 3 aliphatic rings. The minimum atomic E-state index is -0.364. The van der Waals surface area contributed by atoms with Crippen molar-refractivity contribution >= 4 is 40.9 Å². The summed E-state index contributed by atoms with van der Waals surface area (Å²) in [4.78, 5) is 37.2. The molecule has 2 atom stereocenters. The Hall–Kier alpha value is -2.88. The second-order valence-electron chi connectivity index (χ2n) is 7.60. The molecular weight excluding hydrogens is 404 g/mol. The number of nitrogens with two attached hydrogens (primary N) is 1. The van der Waals surface area contributed by atoms with Crippen LogP contribution in [0.15, 0.2) is 48.8 Å². The SMILES string of the molecule is CC1C=NC(NC2CCC(N=C(N)c3ccco3)CC2)=NC1/C=C1\SC(=O)NC1=O. The molecule has 2 aliphatic heterocycles. The first-order chi connectivity index (χ1) is 14.5. The molecule has 1 aromatic rings. The van der Waals surface area contributed by atoms with Crippen LogP contribution in [0.1, 0.15) is 38.4 Å². The van der Waals surface area contributed by atoms with Gasteiger partial charge in [0.25, 0.3) is 11.1 Å². The van der Waals surface area contributed by atoms with Crippen LogP contribution in [0.2, 0.25) is 0 Å². The van der Waals surface area contributed by atoms with Gasteiger partial charge < -0.3 is 15.5 Å². The van der Waals surface area contributed by atoms with Gasteiger partial charge in [0, 0.05) is 18.2 Å². The van der Waals surface area contributed by atoms with Crippen LogP contribution in [-0.2, 0) is 4.79 Å². The first kappa shape index (κ1) is 20.4. The van der Waals surface area contributed by atoms with Gasteiger partial charge in [-0.2, -0.15) is 0 Å². The number of hydrogen-bond donors (Lipinski definition) is 3. The maximum Gasteiger partial charge on any atom is 0.290 e. The zero-order valence-corrected chi connectivity index (χ0v) is 17.4. The van der Waals surface area contributed by atoms with Crippen LogP contribution in [0.4, 0.5) is 4.79 Å². The number of guanidine groups is 1. The molecule has 0 spiro atoms. The molecular formula is C20H24N6O3S. The monoisotopic (exact) mass is 428 g/mol. The van der Waals surface area contributed by atoms with E-state index in [4.69, 9.17) is 10.2 Å². The number of rotatable bonds is 4. The van der Waals surface area contributed by atoms with Crippen LogP contribution < -0.4 is 16.4 Å². The standard InChI is InChI=1S/C20H24N6O3S/c1-11-10-22-19(25-14(11)9-16-18(27)26-20(28)30-16)24-13-6-4-12(5-7-13)23-17(21)15-3-2-8-29-15/h2-3,8-14H,4-7H2,1H3,(H2,21,23)(H,24,25)(H,26,27,28)/b16-9-. The average Bonchev–Trinajstić information content (AvgIpc) is 3.36. The molecule has 3 heterocycles. The van der Waals surface area contributed by atoms with Crippen molar-refractivity contribution in [3.63, 3.8) is 0 Å². The third-order valence-electron chi connectivity index (χ3n) is 5.33. The number of hydrogen-bond acceptors (Lipinski definition) is 8. The number of imide groups is 1. The number of thioether (sulfide) groups is 1. The summed E-state index contributed by atoms with van der Waals surface area (Å²) >= 11 is 0.908. The quantitative estimate of drug-likeness (QED) is 0.382. The second-order valence-corrected chi connectivity index (χ2v) is 8.61. The average molecular weight is 429 g/mol. The summed E-state index contributed by atoms with van der Waals surface area (Å²) < 4.78 is 5.29. The number of carbonyl (C=O) groups is 2. The summed E-state index contributed by atoms with van der Waals surface area (Å²) in [5.41, 5.74) is 6.01. The fourth-order valence-corrected chi connectivity index (χ4v) is 4.33. The summed E-state index contributed by atoms with van der Waals surface area (Å²) in [6.45, 7) is 1.98. The lowest BCUT2D eigenvalue weighted by Crippen LogP contribution is -2.40. The molecule has 2 fully saturated rings. The zero-order chi connectivity index (χ0) is 21.1. The van der Waals surface area contributed by atoms with Crippen LogP contribution >= 0.6 is 11.8 Å². The third-order valence-corrected chi connectivity index (χ3v) is 6.16. The van der Waals surface area contributed by atoms with Crippen molar-refractivity contribution in [2.75, 3.05) is 0 Å². The molecule has 4 N–H and O–H groups in total. The van der Waals surface area contributed by atoms with Gasteiger partial charge in [-0.1, -0.05) is 6.92 Å². The molecule has 9 nitrogen and oxygen atoms in total. The van der Waals surface area contributed by atoms with Crippen LogP contribution in [0.3, 0.4) is 0 Å². The first-order valence-electron chi connectivity index (χ1n) is 9.98. The Morgan fingerprint density at radius 3 is 2.83 bits per heavy atom. The molecule has 4 rings (SSSR count). The normalized spacial score (nSPS) is 31.0. The molecule has 1 saturated heterocycles. The van der Waals surface area contributed by atoms with Gasteiger partial charge >= 0.3 is 0 Å². The van der Waals surface area contributed by atoms with Gasteiger partial charge in [0.15, 0.2) is 11.6 Å². The number of furan rings is 1. The van der Waals surface area contributed by atoms with Gasteiger partial charge in [-0.25, -0.2) is 9.98 Å². The molecule has 1 saturated carbocycles. The van der Waals surface area contributed by atoms with E-state index >= 15 is 0 Å². The lowest BCUT2D eigenvalue weighted by molar-refractivity contribution is -0.115. The van der Waals surface area contributed by atoms with Crippen molar-refractivity contribution in [1.82, 2.24) is 10.6 Å². The fraction of sp³-hybridized carbons (Fsp3) is 0.450. The van der Waals surface area contributed by atoms with E-state index in [0.717, 1.165) is 37.4 Å². The molecule has 158 valence electrons.